The molecule has 3 nitrogen and oxygen atoms in total. The fourth-order valence-corrected chi connectivity index (χ4v) is 1.06. The fourth-order valence-electron chi connectivity index (χ4n) is 1.06. The molecule has 0 heterocycles. The van der Waals surface area contributed by atoms with Crippen molar-refractivity contribution in [3.05, 3.63) is 0 Å². The zero-order chi connectivity index (χ0) is 8.85. The second-order valence-corrected chi connectivity index (χ2v) is 3.46. The molecule has 0 saturated heterocycles. The Morgan fingerprint density at radius 1 is 1.27 bits per heavy atom. The lowest BCUT2D eigenvalue weighted by Gasteiger charge is -2.15. The summed E-state index contributed by atoms with van der Waals surface area (Å²) in [4.78, 5) is 0. The van der Waals surface area contributed by atoms with E-state index in [0.717, 1.165) is 6.42 Å². The minimum atomic E-state index is -0.364. The molecule has 0 spiro atoms. The molecule has 0 aliphatic carbocycles. The van der Waals surface area contributed by atoms with Gasteiger partial charge in [-0.05, 0) is 18.8 Å². The predicted molar refractivity (Wildman–Crippen MR) is 45.1 cm³/mol. The highest BCUT2D eigenvalue weighted by Gasteiger charge is 2.10. The van der Waals surface area contributed by atoms with Gasteiger partial charge in [-0.15, -0.1) is 0 Å². The summed E-state index contributed by atoms with van der Waals surface area (Å²) in [5.41, 5.74) is 5.44. The molecule has 0 aromatic carbocycles. The molecule has 0 aliphatic heterocycles. The molecule has 68 valence electrons. The van der Waals surface area contributed by atoms with Crippen LogP contribution in [0.3, 0.4) is 0 Å². The van der Waals surface area contributed by atoms with Crippen LogP contribution in [0.15, 0.2) is 0 Å². The van der Waals surface area contributed by atoms with Crippen molar-refractivity contribution in [1.29, 1.82) is 0 Å². The van der Waals surface area contributed by atoms with Gasteiger partial charge >= 0.3 is 0 Å². The van der Waals surface area contributed by atoms with E-state index in [4.69, 9.17) is 10.8 Å². The fraction of sp³-hybridized carbons (Fsp3) is 1.00. The largest absolute Gasteiger partial charge is 0.395 e. The number of hydrogen-bond donors (Lipinski definition) is 3. The van der Waals surface area contributed by atoms with Crippen molar-refractivity contribution in [2.45, 2.75) is 38.8 Å². The highest BCUT2D eigenvalue weighted by Crippen LogP contribution is 2.08. The van der Waals surface area contributed by atoms with Gasteiger partial charge < -0.3 is 15.9 Å². The molecule has 0 aromatic rings. The molecule has 0 amide bonds. The van der Waals surface area contributed by atoms with E-state index in [0.29, 0.717) is 12.3 Å². The zero-order valence-electron chi connectivity index (χ0n) is 7.33. The van der Waals surface area contributed by atoms with Gasteiger partial charge in [0.2, 0.25) is 0 Å². The van der Waals surface area contributed by atoms with E-state index in [1.54, 1.807) is 0 Å². The summed E-state index contributed by atoms with van der Waals surface area (Å²) in [6.07, 6.45) is 0.889. The van der Waals surface area contributed by atoms with Crippen molar-refractivity contribution < 1.29 is 10.2 Å². The number of nitrogens with two attached hydrogens (primary N) is 1. The molecule has 4 N–H and O–H groups in total. The Bertz CT molecular complexity index is 96.1. The topological polar surface area (TPSA) is 66.5 Å². The molecule has 0 saturated carbocycles. The molecule has 0 radical (unpaired) electrons. The first-order valence-corrected chi connectivity index (χ1v) is 4.10. The van der Waals surface area contributed by atoms with E-state index >= 15 is 0 Å². The maximum absolute atomic E-state index is 9.33. The summed E-state index contributed by atoms with van der Waals surface area (Å²) in [7, 11) is 0. The molecular formula is C8H19NO2. The molecule has 0 aromatic heterocycles. The molecule has 2 atom stereocenters. The van der Waals surface area contributed by atoms with Gasteiger partial charge in [0.05, 0.1) is 12.7 Å². The summed E-state index contributed by atoms with van der Waals surface area (Å²) >= 11 is 0. The second kappa shape index (κ2) is 5.52. The summed E-state index contributed by atoms with van der Waals surface area (Å²) in [5, 5.41) is 17.9. The van der Waals surface area contributed by atoms with Gasteiger partial charge in [0.15, 0.2) is 0 Å². The van der Waals surface area contributed by atoms with Crippen LogP contribution in [-0.2, 0) is 0 Å². The minimum Gasteiger partial charge on any atom is -0.395 e. The van der Waals surface area contributed by atoms with Crippen LogP contribution >= 0.6 is 0 Å². The maximum Gasteiger partial charge on any atom is 0.0583 e. The number of aliphatic hydroxyl groups excluding tert-OH is 2. The summed E-state index contributed by atoms with van der Waals surface area (Å²) < 4.78 is 0. The van der Waals surface area contributed by atoms with Gasteiger partial charge in [-0.1, -0.05) is 13.8 Å². The van der Waals surface area contributed by atoms with Gasteiger partial charge in [0, 0.05) is 6.04 Å². The van der Waals surface area contributed by atoms with Crippen LogP contribution in [0.1, 0.15) is 26.7 Å². The summed E-state index contributed by atoms with van der Waals surface area (Å²) in [6.45, 7) is 4.05. The van der Waals surface area contributed by atoms with Crippen LogP contribution in [0.5, 0.6) is 0 Å². The quantitative estimate of drug-likeness (QED) is 0.536. The maximum atomic E-state index is 9.33. The highest BCUT2D eigenvalue weighted by molar-refractivity contribution is 4.67. The van der Waals surface area contributed by atoms with Gasteiger partial charge in [0.25, 0.3) is 0 Å². The Kier molecular flexibility index (Phi) is 5.46. The van der Waals surface area contributed by atoms with Crippen LogP contribution in [0.25, 0.3) is 0 Å². The lowest BCUT2D eigenvalue weighted by atomic mass is 10.0. The number of hydrogen-bond acceptors (Lipinski definition) is 3. The molecule has 0 aliphatic rings. The third-order valence-corrected chi connectivity index (χ3v) is 1.55. The Labute approximate surface area is 68.2 Å². The summed E-state index contributed by atoms with van der Waals surface area (Å²) in [6, 6.07) is -0.274. The molecular weight excluding hydrogens is 142 g/mol. The lowest BCUT2D eigenvalue weighted by molar-refractivity contribution is 0.118. The van der Waals surface area contributed by atoms with Crippen molar-refractivity contribution in [2.75, 3.05) is 6.61 Å². The number of aliphatic hydroxyl groups is 2. The average molecular weight is 161 g/mol. The normalized spacial score (nSPS) is 16.9. The Hall–Kier alpha value is -0.120. The first-order chi connectivity index (χ1) is 5.06. The first-order valence-electron chi connectivity index (χ1n) is 4.10. The van der Waals surface area contributed by atoms with E-state index < -0.39 is 0 Å². The van der Waals surface area contributed by atoms with Crippen molar-refractivity contribution in [1.82, 2.24) is 0 Å². The predicted octanol–water partition coefficient (Wildman–Crippen LogP) is 0.103. The first kappa shape index (κ1) is 10.9. The van der Waals surface area contributed by atoms with Crippen molar-refractivity contribution in [3.63, 3.8) is 0 Å². The van der Waals surface area contributed by atoms with Crippen LogP contribution in [-0.4, -0.2) is 29.0 Å². The molecule has 2 unspecified atom stereocenters. The Morgan fingerprint density at radius 2 is 1.82 bits per heavy atom. The van der Waals surface area contributed by atoms with Gasteiger partial charge in [-0.2, -0.15) is 0 Å². The van der Waals surface area contributed by atoms with Gasteiger partial charge in [-0.3, -0.25) is 0 Å². The van der Waals surface area contributed by atoms with Gasteiger partial charge in [0.1, 0.15) is 0 Å². The van der Waals surface area contributed by atoms with Crippen LogP contribution in [0.4, 0.5) is 0 Å². The third kappa shape index (κ3) is 6.28. The third-order valence-electron chi connectivity index (χ3n) is 1.55. The SMILES string of the molecule is CC(C)CC(O)CC(N)CO. The molecule has 3 heteroatoms. The minimum absolute atomic E-state index is 0.0465. The Balaban J connectivity index is 3.43. The van der Waals surface area contributed by atoms with E-state index in [9.17, 15) is 5.11 Å². The molecule has 0 rings (SSSR count). The molecule has 0 bridgehead atoms. The molecule has 0 fully saturated rings. The van der Waals surface area contributed by atoms with E-state index in [2.05, 4.69) is 0 Å². The van der Waals surface area contributed by atoms with Gasteiger partial charge in [-0.25, -0.2) is 0 Å². The van der Waals surface area contributed by atoms with E-state index in [1.165, 1.54) is 0 Å². The van der Waals surface area contributed by atoms with Crippen LogP contribution in [0, 0.1) is 5.92 Å². The second-order valence-electron chi connectivity index (χ2n) is 3.46. The zero-order valence-corrected chi connectivity index (χ0v) is 7.33. The highest BCUT2D eigenvalue weighted by atomic mass is 16.3. The van der Waals surface area contributed by atoms with Crippen molar-refractivity contribution in [2.24, 2.45) is 11.7 Å². The number of rotatable bonds is 5. The standard InChI is InChI=1S/C8H19NO2/c1-6(2)3-8(11)4-7(9)5-10/h6-8,10-11H,3-5,9H2,1-2H3. The smallest absolute Gasteiger partial charge is 0.0583 e. The Morgan fingerprint density at radius 3 is 2.18 bits per heavy atom. The van der Waals surface area contributed by atoms with E-state index in [-0.39, 0.29) is 18.8 Å². The monoisotopic (exact) mass is 161 g/mol. The van der Waals surface area contributed by atoms with Crippen LogP contribution in [0.2, 0.25) is 0 Å². The van der Waals surface area contributed by atoms with E-state index in [1.807, 2.05) is 13.8 Å². The van der Waals surface area contributed by atoms with Crippen molar-refractivity contribution in [3.8, 4) is 0 Å². The molecule has 11 heavy (non-hydrogen) atoms. The van der Waals surface area contributed by atoms with Crippen LogP contribution < -0.4 is 5.73 Å². The van der Waals surface area contributed by atoms with Crippen molar-refractivity contribution >= 4 is 0 Å². The lowest BCUT2D eigenvalue weighted by Crippen LogP contribution is -2.30. The average Bonchev–Trinajstić information content (AvgIpc) is 1.85. The summed E-state index contributed by atoms with van der Waals surface area (Å²) in [5.74, 6) is 0.482.